The topological polar surface area (TPSA) is 62.3 Å². The molecule has 5 nitrogen and oxygen atoms in total. The Bertz CT molecular complexity index is 437. The second-order valence-corrected chi connectivity index (χ2v) is 4.60. The van der Waals surface area contributed by atoms with Crippen LogP contribution in [0.25, 0.3) is 0 Å². The van der Waals surface area contributed by atoms with Crippen LogP contribution in [0, 0.1) is 0 Å². The first-order valence-electron chi connectivity index (χ1n) is 5.69. The zero-order valence-corrected chi connectivity index (χ0v) is 12.0. The van der Waals surface area contributed by atoms with Gasteiger partial charge >= 0.3 is 0 Å². The van der Waals surface area contributed by atoms with Crippen molar-refractivity contribution in [1.82, 2.24) is 15.2 Å². The van der Waals surface area contributed by atoms with E-state index in [1.54, 1.807) is 25.4 Å². The Morgan fingerprint density at radius 3 is 2.83 bits per heavy atom. The summed E-state index contributed by atoms with van der Waals surface area (Å²) in [5.41, 5.74) is 0.447. The van der Waals surface area contributed by atoms with E-state index in [2.05, 4.69) is 26.2 Å². The Labute approximate surface area is 115 Å². The van der Waals surface area contributed by atoms with Gasteiger partial charge in [-0.3, -0.25) is 9.59 Å². The Morgan fingerprint density at radius 1 is 1.50 bits per heavy atom. The molecule has 1 rings (SSSR count). The fourth-order valence-corrected chi connectivity index (χ4v) is 1.78. The van der Waals surface area contributed by atoms with Crippen molar-refractivity contribution in [3.63, 3.8) is 0 Å². The van der Waals surface area contributed by atoms with E-state index in [-0.39, 0.29) is 18.4 Å². The van der Waals surface area contributed by atoms with Gasteiger partial charge in [0, 0.05) is 19.8 Å². The molecule has 1 aromatic heterocycles. The molecule has 0 aliphatic heterocycles. The molecule has 0 atom stereocenters. The molecule has 0 spiro atoms. The molecule has 0 saturated carbocycles. The number of hydrogen-bond donors (Lipinski definition) is 1. The van der Waals surface area contributed by atoms with Crippen LogP contribution < -0.4 is 5.32 Å². The smallest absolute Gasteiger partial charge is 0.256 e. The predicted molar refractivity (Wildman–Crippen MR) is 72.2 cm³/mol. The number of carbonyl (C=O) groups excluding carboxylic acids is 2. The van der Waals surface area contributed by atoms with E-state index in [4.69, 9.17) is 0 Å². The number of pyridine rings is 1. The molecular weight excluding hydrogens is 298 g/mol. The number of amides is 2. The van der Waals surface area contributed by atoms with Crippen molar-refractivity contribution in [3.05, 3.63) is 28.5 Å². The highest BCUT2D eigenvalue weighted by Gasteiger charge is 2.17. The summed E-state index contributed by atoms with van der Waals surface area (Å²) in [7, 11) is 1.59. The van der Waals surface area contributed by atoms with Gasteiger partial charge < -0.3 is 10.2 Å². The summed E-state index contributed by atoms with van der Waals surface area (Å²) in [5.74, 6) is -0.394. The van der Waals surface area contributed by atoms with Crippen molar-refractivity contribution >= 4 is 27.7 Å². The number of rotatable bonds is 5. The molecular formula is C12H16BrN3O2. The van der Waals surface area contributed by atoms with Gasteiger partial charge in [0.25, 0.3) is 5.91 Å². The quantitative estimate of drug-likeness (QED) is 0.837. The largest absolute Gasteiger partial charge is 0.355 e. The lowest BCUT2D eigenvalue weighted by Crippen LogP contribution is -2.38. The average Bonchev–Trinajstić information content (AvgIpc) is 2.36. The normalized spacial score (nSPS) is 9.94. The number of halogens is 1. The molecule has 1 N–H and O–H groups in total. The minimum absolute atomic E-state index is 0.0418. The molecule has 0 aliphatic carbocycles. The van der Waals surface area contributed by atoms with Crippen molar-refractivity contribution in [3.8, 4) is 0 Å². The highest BCUT2D eigenvalue weighted by atomic mass is 79.9. The summed E-state index contributed by atoms with van der Waals surface area (Å²) in [6.45, 7) is 2.64. The van der Waals surface area contributed by atoms with E-state index in [1.165, 1.54) is 4.90 Å². The molecule has 0 saturated heterocycles. The Kier molecular flexibility index (Phi) is 5.77. The first-order chi connectivity index (χ1) is 8.56. The standard InChI is InChI=1S/C12H16BrN3O2/c1-3-6-14-10(17)8-16(2)12(18)9-5-4-7-15-11(9)13/h4-5,7H,3,6,8H2,1-2H3,(H,14,17). The van der Waals surface area contributed by atoms with Gasteiger partial charge in [-0.1, -0.05) is 6.92 Å². The monoisotopic (exact) mass is 313 g/mol. The van der Waals surface area contributed by atoms with E-state index in [0.717, 1.165) is 6.42 Å². The molecule has 0 fully saturated rings. The summed E-state index contributed by atoms with van der Waals surface area (Å²) in [4.78, 5) is 28.9. The van der Waals surface area contributed by atoms with Gasteiger partial charge in [0.05, 0.1) is 12.1 Å². The third-order valence-electron chi connectivity index (χ3n) is 2.29. The molecule has 2 amide bonds. The van der Waals surface area contributed by atoms with Crippen LogP contribution in [-0.2, 0) is 4.79 Å². The Balaban J connectivity index is 2.62. The highest BCUT2D eigenvalue weighted by molar-refractivity contribution is 9.10. The molecule has 0 radical (unpaired) electrons. The summed E-state index contributed by atoms with van der Waals surface area (Å²) >= 11 is 3.21. The van der Waals surface area contributed by atoms with Crippen LogP contribution in [0.15, 0.2) is 22.9 Å². The maximum atomic E-state index is 12.1. The molecule has 98 valence electrons. The third-order valence-corrected chi connectivity index (χ3v) is 2.92. The fraction of sp³-hybridized carbons (Fsp3) is 0.417. The SMILES string of the molecule is CCCNC(=O)CN(C)C(=O)c1cccnc1Br. The van der Waals surface area contributed by atoms with Crippen molar-refractivity contribution in [2.75, 3.05) is 20.1 Å². The first kappa shape index (κ1) is 14.6. The van der Waals surface area contributed by atoms with Crippen LogP contribution in [0.2, 0.25) is 0 Å². The third kappa shape index (κ3) is 4.10. The lowest BCUT2D eigenvalue weighted by atomic mass is 10.2. The van der Waals surface area contributed by atoms with Gasteiger partial charge in [0.2, 0.25) is 5.91 Å². The number of likely N-dealkylation sites (N-methyl/N-ethyl adjacent to an activating group) is 1. The number of nitrogens with one attached hydrogen (secondary N) is 1. The summed E-state index contributed by atoms with van der Waals surface area (Å²) in [6.07, 6.45) is 2.46. The molecule has 6 heteroatoms. The highest BCUT2D eigenvalue weighted by Crippen LogP contribution is 2.14. The van der Waals surface area contributed by atoms with E-state index >= 15 is 0 Å². The second-order valence-electron chi connectivity index (χ2n) is 3.85. The zero-order chi connectivity index (χ0) is 13.5. The van der Waals surface area contributed by atoms with Crippen molar-refractivity contribution in [2.45, 2.75) is 13.3 Å². The lowest BCUT2D eigenvalue weighted by Gasteiger charge is -2.17. The molecule has 0 unspecified atom stereocenters. The van der Waals surface area contributed by atoms with Crippen molar-refractivity contribution < 1.29 is 9.59 Å². The first-order valence-corrected chi connectivity index (χ1v) is 6.48. The Morgan fingerprint density at radius 2 is 2.22 bits per heavy atom. The van der Waals surface area contributed by atoms with Gasteiger partial charge in [0.1, 0.15) is 4.60 Å². The molecule has 18 heavy (non-hydrogen) atoms. The second kappa shape index (κ2) is 7.10. The van der Waals surface area contributed by atoms with Crippen molar-refractivity contribution in [2.24, 2.45) is 0 Å². The van der Waals surface area contributed by atoms with Crippen LogP contribution in [-0.4, -0.2) is 41.8 Å². The van der Waals surface area contributed by atoms with Gasteiger partial charge in [-0.05, 0) is 34.5 Å². The fourth-order valence-electron chi connectivity index (χ4n) is 1.36. The molecule has 1 aromatic rings. The van der Waals surface area contributed by atoms with Crippen LogP contribution in [0.3, 0.4) is 0 Å². The van der Waals surface area contributed by atoms with E-state index < -0.39 is 0 Å². The summed E-state index contributed by atoms with van der Waals surface area (Å²) < 4.78 is 0.482. The molecule has 1 heterocycles. The lowest BCUT2D eigenvalue weighted by molar-refractivity contribution is -0.121. The van der Waals surface area contributed by atoms with Gasteiger partial charge in [0.15, 0.2) is 0 Å². The van der Waals surface area contributed by atoms with Crippen LogP contribution in [0.4, 0.5) is 0 Å². The van der Waals surface area contributed by atoms with Crippen LogP contribution in [0.1, 0.15) is 23.7 Å². The van der Waals surface area contributed by atoms with Crippen molar-refractivity contribution in [1.29, 1.82) is 0 Å². The minimum Gasteiger partial charge on any atom is -0.355 e. The zero-order valence-electron chi connectivity index (χ0n) is 10.4. The average molecular weight is 314 g/mol. The number of carbonyl (C=O) groups is 2. The van der Waals surface area contributed by atoms with Crippen LogP contribution >= 0.6 is 15.9 Å². The van der Waals surface area contributed by atoms with Gasteiger partial charge in [-0.15, -0.1) is 0 Å². The minimum atomic E-state index is -0.235. The van der Waals surface area contributed by atoms with Gasteiger partial charge in [-0.2, -0.15) is 0 Å². The number of hydrogen-bond acceptors (Lipinski definition) is 3. The predicted octanol–water partition coefficient (Wildman–Crippen LogP) is 1.44. The molecule has 0 aliphatic rings. The van der Waals surface area contributed by atoms with E-state index in [0.29, 0.717) is 16.7 Å². The number of nitrogens with zero attached hydrogens (tertiary/aromatic N) is 2. The molecule has 0 aromatic carbocycles. The van der Waals surface area contributed by atoms with Crippen LogP contribution in [0.5, 0.6) is 0 Å². The van der Waals surface area contributed by atoms with Gasteiger partial charge in [-0.25, -0.2) is 4.98 Å². The molecule has 0 bridgehead atoms. The van der Waals surface area contributed by atoms with E-state index in [1.807, 2.05) is 6.92 Å². The van der Waals surface area contributed by atoms with E-state index in [9.17, 15) is 9.59 Å². The maximum Gasteiger partial charge on any atom is 0.256 e. The maximum absolute atomic E-state index is 12.1. The summed E-state index contributed by atoms with van der Waals surface area (Å²) in [6, 6.07) is 3.35. The Hall–Kier alpha value is -1.43. The summed E-state index contributed by atoms with van der Waals surface area (Å²) in [5, 5.41) is 2.72. The number of aromatic nitrogens is 1.